The van der Waals surface area contributed by atoms with Gasteiger partial charge >= 0.3 is 111 Å². The second kappa shape index (κ2) is 5.31. The van der Waals surface area contributed by atoms with Crippen molar-refractivity contribution in [2.75, 3.05) is 11.9 Å². The van der Waals surface area contributed by atoms with Gasteiger partial charge in [-0.1, -0.05) is 0 Å². The number of non-ortho nitro benzene ring substituents is 1. The van der Waals surface area contributed by atoms with Gasteiger partial charge in [0.25, 0.3) is 0 Å². The van der Waals surface area contributed by atoms with E-state index in [2.05, 4.69) is 13.3 Å². The van der Waals surface area contributed by atoms with Crippen LogP contribution in [0.25, 0.3) is 11.0 Å². The zero-order valence-electron chi connectivity index (χ0n) is 9.31. The van der Waals surface area contributed by atoms with Gasteiger partial charge in [-0.3, -0.25) is 0 Å². The number of aliphatic carboxylic acids is 1. The number of carboxylic acids is 1. The fourth-order valence-electron chi connectivity index (χ4n) is 1.44. The number of nitro groups is 1. The molecule has 0 aliphatic heterocycles. The summed E-state index contributed by atoms with van der Waals surface area (Å²) < 4.78 is 8.04. The number of nitrogens with one attached hydrogen (secondary N) is 1. The zero-order valence-corrected chi connectivity index (χ0v) is 11.0. The van der Waals surface area contributed by atoms with Crippen molar-refractivity contribution < 1.29 is 19.9 Å². The number of anilines is 1. The number of aromatic nitrogens is 2. The molecule has 9 nitrogen and oxygen atoms in total. The molecule has 0 bridgehead atoms. The summed E-state index contributed by atoms with van der Waals surface area (Å²) in [5.41, 5.74) is 0.818. The summed E-state index contributed by atoms with van der Waals surface area (Å²) in [6, 6.07) is 2.70. The van der Waals surface area contributed by atoms with Crippen LogP contribution in [0.3, 0.4) is 0 Å². The standard InChI is InChI=1S/C9H8N4O5Se/c14-6(9(15)16)3-10-4-1-2-5(13(17)18)8-7(4)11-19-12-8/h1-2,6,10,14H,3H2,(H,15,16)/t6-/m1/s1. The molecule has 0 spiro atoms. The van der Waals surface area contributed by atoms with Crippen molar-refractivity contribution in [2.45, 2.75) is 6.10 Å². The van der Waals surface area contributed by atoms with Gasteiger partial charge in [-0.2, -0.15) is 0 Å². The molecule has 0 aliphatic rings. The Bertz CT molecular complexity index is 643. The molecule has 2 rings (SSSR count). The van der Waals surface area contributed by atoms with Gasteiger partial charge in [0.2, 0.25) is 0 Å². The molecule has 100 valence electrons. The van der Waals surface area contributed by atoms with E-state index in [1.165, 1.54) is 12.1 Å². The van der Waals surface area contributed by atoms with Gasteiger partial charge in [0.1, 0.15) is 0 Å². The Morgan fingerprint density at radius 1 is 1.47 bits per heavy atom. The quantitative estimate of drug-likeness (QED) is 0.377. The molecule has 0 radical (unpaired) electrons. The minimum atomic E-state index is -1.56. The van der Waals surface area contributed by atoms with Crippen molar-refractivity contribution >= 4 is 43.3 Å². The third-order valence-corrected chi connectivity index (χ3v) is 3.47. The van der Waals surface area contributed by atoms with Gasteiger partial charge in [0.05, 0.1) is 0 Å². The zero-order chi connectivity index (χ0) is 14.0. The molecule has 1 aromatic carbocycles. The second-order valence-electron chi connectivity index (χ2n) is 3.59. The summed E-state index contributed by atoms with van der Waals surface area (Å²) in [5, 5.41) is 31.2. The van der Waals surface area contributed by atoms with E-state index in [1.807, 2.05) is 0 Å². The van der Waals surface area contributed by atoms with Gasteiger partial charge in [-0.05, 0) is 0 Å². The van der Waals surface area contributed by atoms with Crippen molar-refractivity contribution in [3.05, 3.63) is 22.2 Å². The molecule has 0 amide bonds. The summed E-state index contributed by atoms with van der Waals surface area (Å²) in [4.78, 5) is 20.7. The van der Waals surface area contributed by atoms with Crippen molar-refractivity contribution in [2.24, 2.45) is 0 Å². The first-order chi connectivity index (χ1) is 9.00. The molecule has 0 unspecified atom stereocenters. The topological polar surface area (TPSA) is 138 Å². The molecule has 1 atom stereocenters. The Hall–Kier alpha value is -2.03. The van der Waals surface area contributed by atoms with Crippen molar-refractivity contribution in [3.63, 3.8) is 0 Å². The van der Waals surface area contributed by atoms with Crippen LogP contribution in [0.4, 0.5) is 11.4 Å². The number of carbonyl (C=O) groups is 1. The predicted molar refractivity (Wildman–Crippen MR) is 65.3 cm³/mol. The van der Waals surface area contributed by atoms with E-state index in [-0.39, 0.29) is 17.7 Å². The average molecular weight is 331 g/mol. The number of hydrogen-bond donors (Lipinski definition) is 3. The first-order valence-electron chi connectivity index (χ1n) is 5.05. The molecular weight excluding hydrogens is 323 g/mol. The molecule has 1 aromatic heterocycles. The number of rotatable bonds is 5. The second-order valence-corrected chi connectivity index (χ2v) is 4.69. The van der Waals surface area contributed by atoms with Crippen LogP contribution in [0.5, 0.6) is 0 Å². The summed E-state index contributed by atoms with van der Waals surface area (Å²) in [7, 11) is 0. The molecule has 0 aliphatic carbocycles. The first kappa shape index (κ1) is 13.4. The number of fused-ring (bicyclic) bond motifs is 1. The number of benzene rings is 1. The molecule has 3 N–H and O–H groups in total. The van der Waals surface area contributed by atoms with Crippen molar-refractivity contribution in [3.8, 4) is 0 Å². The molecule has 0 fully saturated rings. The average Bonchev–Trinajstić information content (AvgIpc) is 2.83. The molecule has 0 saturated carbocycles. The Labute approximate surface area is 112 Å². The van der Waals surface area contributed by atoms with Crippen LogP contribution in [0.1, 0.15) is 0 Å². The number of hydrogen-bond acceptors (Lipinski definition) is 7. The SMILES string of the molecule is O=C(O)[C@H](O)CNc1ccc([N+](=O)[O-])c2n[se]nc12. The first-order valence-corrected chi connectivity index (χ1v) is 6.58. The molecule has 2 aromatic rings. The van der Waals surface area contributed by atoms with Gasteiger partial charge in [-0.25, -0.2) is 0 Å². The predicted octanol–water partition coefficient (Wildman–Crippen LogP) is -0.548. The van der Waals surface area contributed by atoms with E-state index in [9.17, 15) is 14.9 Å². The van der Waals surface area contributed by atoms with Gasteiger partial charge < -0.3 is 0 Å². The Morgan fingerprint density at radius 2 is 2.16 bits per heavy atom. The van der Waals surface area contributed by atoms with E-state index in [0.717, 1.165) is 0 Å². The monoisotopic (exact) mass is 332 g/mol. The van der Waals surface area contributed by atoms with E-state index < -0.39 is 32.0 Å². The normalized spacial score (nSPS) is 12.3. The van der Waals surface area contributed by atoms with E-state index in [0.29, 0.717) is 11.2 Å². The van der Waals surface area contributed by atoms with Crippen LogP contribution < -0.4 is 5.32 Å². The Balaban J connectivity index is 2.30. The maximum atomic E-state index is 10.8. The van der Waals surface area contributed by atoms with E-state index in [1.54, 1.807) is 0 Å². The summed E-state index contributed by atoms with van der Waals surface area (Å²) in [6.07, 6.45) is -1.56. The maximum absolute atomic E-state index is 10.8. The molecule has 0 saturated heterocycles. The summed E-state index contributed by atoms with van der Waals surface area (Å²) in [6.45, 7) is -0.220. The summed E-state index contributed by atoms with van der Waals surface area (Å²) in [5.74, 6) is -1.35. The fourth-order valence-corrected chi connectivity index (χ4v) is 2.63. The van der Waals surface area contributed by atoms with Crippen molar-refractivity contribution in [1.82, 2.24) is 7.96 Å². The van der Waals surface area contributed by atoms with Crippen LogP contribution in [-0.4, -0.2) is 56.7 Å². The number of nitrogens with zero attached hydrogens (tertiary/aromatic N) is 3. The van der Waals surface area contributed by atoms with Crippen LogP contribution in [0.15, 0.2) is 12.1 Å². The minimum absolute atomic E-state index is 0.137. The fraction of sp³-hybridized carbons (Fsp3) is 0.222. The molecule has 10 heteroatoms. The Morgan fingerprint density at radius 3 is 2.79 bits per heavy atom. The van der Waals surface area contributed by atoms with Gasteiger partial charge in [-0.15, -0.1) is 0 Å². The van der Waals surface area contributed by atoms with Crippen LogP contribution >= 0.6 is 0 Å². The number of carboxylic acid groups (broad SMARTS) is 1. The third kappa shape index (κ3) is 2.70. The number of aliphatic hydroxyl groups is 1. The summed E-state index contributed by atoms with van der Waals surface area (Å²) >= 11 is -0.448. The van der Waals surface area contributed by atoms with Gasteiger partial charge in [0.15, 0.2) is 0 Å². The number of nitro benzene ring substituents is 1. The third-order valence-electron chi connectivity index (χ3n) is 2.36. The molecular formula is C9H8N4O5Se. The van der Waals surface area contributed by atoms with E-state index in [4.69, 9.17) is 10.2 Å². The number of aliphatic hydroxyl groups excluding tert-OH is 1. The Kier molecular flexibility index (Phi) is 3.74. The molecule has 1 heterocycles. The van der Waals surface area contributed by atoms with E-state index >= 15 is 0 Å². The van der Waals surface area contributed by atoms with Crippen LogP contribution in [0.2, 0.25) is 0 Å². The molecule has 19 heavy (non-hydrogen) atoms. The van der Waals surface area contributed by atoms with Crippen molar-refractivity contribution in [1.29, 1.82) is 0 Å². The van der Waals surface area contributed by atoms with Gasteiger partial charge in [0, 0.05) is 0 Å². The van der Waals surface area contributed by atoms with Crippen LogP contribution in [0, 0.1) is 10.1 Å². The van der Waals surface area contributed by atoms with Crippen LogP contribution in [-0.2, 0) is 4.79 Å².